The lowest BCUT2D eigenvalue weighted by atomic mass is 9.95. The first kappa shape index (κ1) is 17.4. The minimum atomic E-state index is 0.0507. The highest BCUT2D eigenvalue weighted by atomic mass is 16.1. The van der Waals surface area contributed by atoms with Gasteiger partial charge in [-0.2, -0.15) is 5.10 Å². The number of nitrogens with one attached hydrogen (secondary N) is 1. The summed E-state index contributed by atoms with van der Waals surface area (Å²) in [4.78, 5) is 14.9. The molecule has 1 aliphatic heterocycles. The van der Waals surface area contributed by atoms with Gasteiger partial charge in [0.15, 0.2) is 5.82 Å². The number of carbonyl (C=O) groups is 1. The molecule has 0 atom stereocenters. The van der Waals surface area contributed by atoms with Crippen molar-refractivity contribution in [1.82, 2.24) is 10.2 Å². The molecular formula is C20H26N4O. The molecule has 0 unspecified atom stereocenters. The molecule has 5 heteroatoms. The number of aromatic nitrogens is 2. The molecule has 1 aromatic heterocycles. The number of anilines is 2. The second-order valence-corrected chi connectivity index (χ2v) is 7.06. The first-order valence-electron chi connectivity index (χ1n) is 8.88. The van der Waals surface area contributed by atoms with E-state index in [-0.39, 0.29) is 11.8 Å². The number of hydrogen-bond donors (Lipinski definition) is 1. The molecule has 1 saturated heterocycles. The third-order valence-electron chi connectivity index (χ3n) is 4.90. The molecule has 0 radical (unpaired) electrons. The number of carbonyl (C=O) groups excluding carboxylic acids is 1. The summed E-state index contributed by atoms with van der Waals surface area (Å²) in [5, 5.41) is 11.5. The molecule has 2 aromatic rings. The van der Waals surface area contributed by atoms with Gasteiger partial charge in [0.2, 0.25) is 5.91 Å². The zero-order valence-electron chi connectivity index (χ0n) is 15.5. The van der Waals surface area contributed by atoms with Crippen molar-refractivity contribution in [3.63, 3.8) is 0 Å². The first-order chi connectivity index (χ1) is 11.9. The molecule has 3 rings (SSSR count). The second-order valence-electron chi connectivity index (χ2n) is 7.06. The van der Waals surface area contributed by atoms with Crippen LogP contribution in [0, 0.1) is 33.6 Å². The Balaban J connectivity index is 1.61. The Labute approximate surface area is 149 Å². The maximum atomic E-state index is 12.7. The number of piperidine rings is 1. The van der Waals surface area contributed by atoms with Gasteiger partial charge < -0.3 is 10.2 Å². The summed E-state index contributed by atoms with van der Waals surface area (Å²) in [7, 11) is 0. The minimum absolute atomic E-state index is 0.0507. The fraction of sp³-hybridized carbons (Fsp3) is 0.450. The van der Waals surface area contributed by atoms with E-state index in [2.05, 4.69) is 39.5 Å². The molecule has 25 heavy (non-hydrogen) atoms. The van der Waals surface area contributed by atoms with Crippen molar-refractivity contribution in [3.05, 3.63) is 46.6 Å². The minimum Gasteiger partial charge on any atom is -0.355 e. The normalized spacial score (nSPS) is 15.3. The molecule has 0 aliphatic carbocycles. The Kier molecular flexibility index (Phi) is 5.02. The lowest BCUT2D eigenvalue weighted by Gasteiger charge is -2.32. The predicted molar refractivity (Wildman–Crippen MR) is 101 cm³/mol. The zero-order valence-corrected chi connectivity index (χ0v) is 15.5. The van der Waals surface area contributed by atoms with Crippen LogP contribution in [0.2, 0.25) is 0 Å². The summed E-state index contributed by atoms with van der Waals surface area (Å²) in [6.45, 7) is 9.78. The van der Waals surface area contributed by atoms with Crippen molar-refractivity contribution in [3.8, 4) is 0 Å². The Hall–Kier alpha value is -2.43. The van der Waals surface area contributed by atoms with E-state index in [0.29, 0.717) is 0 Å². The topological polar surface area (TPSA) is 58.1 Å². The molecule has 0 spiro atoms. The molecule has 1 aromatic carbocycles. The molecule has 1 aliphatic rings. The van der Waals surface area contributed by atoms with Crippen molar-refractivity contribution < 1.29 is 4.79 Å². The van der Waals surface area contributed by atoms with E-state index < -0.39 is 0 Å². The highest BCUT2D eigenvalue weighted by Crippen LogP contribution is 2.26. The fourth-order valence-corrected chi connectivity index (χ4v) is 3.53. The summed E-state index contributed by atoms with van der Waals surface area (Å²) in [5.74, 6) is 1.08. The molecule has 1 amide bonds. The Bertz CT molecular complexity index is 739. The Morgan fingerprint density at radius 1 is 1.04 bits per heavy atom. The van der Waals surface area contributed by atoms with E-state index in [1.165, 1.54) is 5.56 Å². The van der Waals surface area contributed by atoms with E-state index in [1.807, 2.05) is 32.9 Å². The molecule has 1 fully saturated rings. The predicted octanol–water partition coefficient (Wildman–Crippen LogP) is 3.57. The molecule has 0 saturated carbocycles. The van der Waals surface area contributed by atoms with Gasteiger partial charge in [-0.15, -0.1) is 5.10 Å². The SMILES string of the molecule is Cc1cc(C)c(NC(=O)C2CCN(c3ccc(C)nn3)CC2)c(C)c1. The Morgan fingerprint density at radius 2 is 1.68 bits per heavy atom. The van der Waals surface area contributed by atoms with Crippen molar-refractivity contribution >= 4 is 17.4 Å². The molecule has 5 nitrogen and oxygen atoms in total. The standard InChI is InChI=1S/C20H26N4O/c1-13-11-14(2)19(15(3)12-13)21-20(25)17-7-9-24(10-8-17)18-6-5-16(4)22-23-18/h5-6,11-12,17H,7-10H2,1-4H3,(H,21,25). The van der Waals surface area contributed by atoms with Crippen molar-refractivity contribution in [2.45, 2.75) is 40.5 Å². The zero-order chi connectivity index (χ0) is 18.0. The maximum Gasteiger partial charge on any atom is 0.227 e. The number of aryl methyl sites for hydroxylation is 4. The van der Waals surface area contributed by atoms with Gasteiger partial charge in [0, 0.05) is 24.7 Å². The molecule has 132 valence electrons. The molecule has 0 bridgehead atoms. The van der Waals surface area contributed by atoms with Crippen LogP contribution in [0.5, 0.6) is 0 Å². The van der Waals surface area contributed by atoms with Gasteiger partial charge >= 0.3 is 0 Å². The van der Waals surface area contributed by atoms with Crippen molar-refractivity contribution in [2.24, 2.45) is 5.92 Å². The van der Waals surface area contributed by atoms with E-state index >= 15 is 0 Å². The molecular weight excluding hydrogens is 312 g/mol. The summed E-state index contributed by atoms with van der Waals surface area (Å²) >= 11 is 0. The number of hydrogen-bond acceptors (Lipinski definition) is 4. The van der Waals surface area contributed by atoms with Crippen LogP contribution in [0.25, 0.3) is 0 Å². The van der Waals surface area contributed by atoms with Gasteiger partial charge in [-0.25, -0.2) is 0 Å². The van der Waals surface area contributed by atoms with Crippen LogP contribution in [-0.2, 0) is 4.79 Å². The first-order valence-corrected chi connectivity index (χ1v) is 8.88. The fourth-order valence-electron chi connectivity index (χ4n) is 3.53. The van der Waals surface area contributed by atoms with Gasteiger partial charge in [-0.05, 0) is 63.8 Å². The van der Waals surface area contributed by atoms with E-state index in [4.69, 9.17) is 0 Å². The second kappa shape index (κ2) is 7.21. The van der Waals surface area contributed by atoms with E-state index in [1.54, 1.807) is 0 Å². The maximum absolute atomic E-state index is 12.7. The van der Waals surface area contributed by atoms with E-state index in [0.717, 1.165) is 54.3 Å². The quantitative estimate of drug-likeness (QED) is 0.929. The summed E-state index contributed by atoms with van der Waals surface area (Å²) in [6, 6.07) is 8.20. The number of nitrogens with zero attached hydrogens (tertiary/aromatic N) is 3. The van der Waals surface area contributed by atoms with Gasteiger partial charge in [-0.3, -0.25) is 4.79 Å². The number of amides is 1. The summed E-state index contributed by atoms with van der Waals surface area (Å²) in [6.07, 6.45) is 1.68. The van der Waals surface area contributed by atoms with Gasteiger partial charge in [-0.1, -0.05) is 17.7 Å². The van der Waals surface area contributed by atoms with Crippen molar-refractivity contribution in [1.29, 1.82) is 0 Å². The number of benzene rings is 1. The highest BCUT2D eigenvalue weighted by Gasteiger charge is 2.26. The van der Waals surface area contributed by atoms with Crippen LogP contribution < -0.4 is 10.2 Å². The summed E-state index contributed by atoms with van der Waals surface area (Å²) < 4.78 is 0. The van der Waals surface area contributed by atoms with Gasteiger partial charge in [0.1, 0.15) is 0 Å². The smallest absolute Gasteiger partial charge is 0.227 e. The van der Waals surface area contributed by atoms with Crippen LogP contribution in [0.4, 0.5) is 11.5 Å². The van der Waals surface area contributed by atoms with Crippen LogP contribution in [0.3, 0.4) is 0 Å². The monoisotopic (exact) mass is 338 g/mol. The lowest BCUT2D eigenvalue weighted by Crippen LogP contribution is -2.38. The molecule has 1 N–H and O–H groups in total. The largest absolute Gasteiger partial charge is 0.355 e. The van der Waals surface area contributed by atoms with Gasteiger partial charge in [0.05, 0.1) is 5.69 Å². The lowest BCUT2D eigenvalue weighted by molar-refractivity contribution is -0.120. The van der Waals surface area contributed by atoms with Crippen LogP contribution in [-0.4, -0.2) is 29.2 Å². The van der Waals surface area contributed by atoms with Crippen LogP contribution >= 0.6 is 0 Å². The Morgan fingerprint density at radius 3 is 2.24 bits per heavy atom. The van der Waals surface area contributed by atoms with Crippen molar-refractivity contribution in [2.75, 3.05) is 23.3 Å². The average molecular weight is 338 g/mol. The van der Waals surface area contributed by atoms with Crippen LogP contribution in [0.1, 0.15) is 35.2 Å². The average Bonchev–Trinajstić information content (AvgIpc) is 2.59. The van der Waals surface area contributed by atoms with Gasteiger partial charge in [0.25, 0.3) is 0 Å². The highest BCUT2D eigenvalue weighted by molar-refractivity contribution is 5.94. The van der Waals surface area contributed by atoms with E-state index in [9.17, 15) is 4.79 Å². The summed E-state index contributed by atoms with van der Waals surface area (Å²) in [5.41, 5.74) is 5.35. The third-order valence-corrected chi connectivity index (χ3v) is 4.90. The molecule has 2 heterocycles. The third kappa shape index (κ3) is 3.98. The van der Waals surface area contributed by atoms with Crippen LogP contribution in [0.15, 0.2) is 24.3 Å². The number of rotatable bonds is 3.